The van der Waals surface area contributed by atoms with Crippen LogP contribution in [0.25, 0.3) is 0 Å². The van der Waals surface area contributed by atoms with Gasteiger partial charge in [-0.15, -0.1) is 0 Å². The third-order valence-electron chi connectivity index (χ3n) is 2.46. The van der Waals surface area contributed by atoms with E-state index in [9.17, 15) is 15.2 Å². The molecule has 2 rings (SSSR count). The molecule has 0 heterocycles. The molecular formula is C13H8BrIN2O3. The van der Waals surface area contributed by atoms with Crippen LogP contribution >= 0.6 is 38.5 Å². The molecule has 2 aromatic carbocycles. The van der Waals surface area contributed by atoms with Crippen LogP contribution in [-0.4, -0.2) is 16.2 Å². The van der Waals surface area contributed by atoms with Crippen LogP contribution in [0.5, 0.6) is 5.75 Å². The molecule has 0 aliphatic carbocycles. The van der Waals surface area contributed by atoms with E-state index in [1.54, 1.807) is 6.07 Å². The number of phenolic OH excluding ortho intramolecular Hbond substituents is 1. The number of benzene rings is 2. The maximum absolute atomic E-state index is 10.8. The zero-order chi connectivity index (χ0) is 14.7. The van der Waals surface area contributed by atoms with Gasteiger partial charge in [-0.25, -0.2) is 0 Å². The first-order valence-corrected chi connectivity index (χ1v) is 7.31. The summed E-state index contributed by atoms with van der Waals surface area (Å²) in [4.78, 5) is 14.4. The summed E-state index contributed by atoms with van der Waals surface area (Å²) in [5, 5.41) is 20.7. The SMILES string of the molecule is O=[N+]([O-])c1cc(Br)cc(C=Nc2ccc(I)cc2)c1O. The van der Waals surface area contributed by atoms with Gasteiger partial charge in [-0.3, -0.25) is 15.1 Å². The summed E-state index contributed by atoms with van der Waals surface area (Å²) in [6.45, 7) is 0. The number of halogens is 2. The Morgan fingerprint density at radius 1 is 1.30 bits per heavy atom. The van der Waals surface area contributed by atoms with Crippen LogP contribution in [0.1, 0.15) is 5.56 Å². The highest BCUT2D eigenvalue weighted by Gasteiger charge is 2.17. The molecule has 0 aliphatic heterocycles. The van der Waals surface area contributed by atoms with Crippen molar-refractivity contribution in [3.63, 3.8) is 0 Å². The van der Waals surface area contributed by atoms with Crippen molar-refractivity contribution < 1.29 is 10.0 Å². The number of aromatic hydroxyl groups is 1. The van der Waals surface area contributed by atoms with Crippen molar-refractivity contribution in [2.75, 3.05) is 0 Å². The fourth-order valence-electron chi connectivity index (χ4n) is 1.51. The van der Waals surface area contributed by atoms with Crippen LogP contribution < -0.4 is 0 Å². The summed E-state index contributed by atoms with van der Waals surface area (Å²) in [6.07, 6.45) is 1.40. The number of aliphatic imine (C=N–C) groups is 1. The molecule has 0 bridgehead atoms. The van der Waals surface area contributed by atoms with Gasteiger partial charge >= 0.3 is 5.69 Å². The molecule has 7 heteroatoms. The Morgan fingerprint density at radius 2 is 1.95 bits per heavy atom. The maximum Gasteiger partial charge on any atom is 0.312 e. The van der Waals surface area contributed by atoms with Crippen molar-refractivity contribution in [1.29, 1.82) is 0 Å². The van der Waals surface area contributed by atoms with Crippen molar-refractivity contribution in [2.45, 2.75) is 0 Å². The molecule has 0 saturated heterocycles. The molecule has 0 aromatic heterocycles. The van der Waals surface area contributed by atoms with Crippen molar-refractivity contribution in [2.24, 2.45) is 4.99 Å². The van der Waals surface area contributed by atoms with Crippen molar-refractivity contribution in [1.82, 2.24) is 0 Å². The second-order valence-electron chi connectivity index (χ2n) is 3.85. The Bertz CT molecular complexity index is 687. The molecular weight excluding hydrogens is 439 g/mol. The number of nitro groups is 1. The standard InChI is InChI=1S/C13H8BrIN2O3/c14-9-5-8(13(18)12(6-9)17(19)20)7-16-11-3-1-10(15)2-4-11/h1-7,18H. The predicted octanol–water partition coefficient (Wildman–Crippen LogP) is 4.42. The van der Waals surface area contributed by atoms with Crippen molar-refractivity contribution in [3.05, 3.63) is 60.1 Å². The van der Waals surface area contributed by atoms with E-state index in [0.717, 1.165) is 3.57 Å². The Kier molecular flexibility index (Phi) is 4.71. The second kappa shape index (κ2) is 6.31. The average molecular weight is 447 g/mol. The summed E-state index contributed by atoms with van der Waals surface area (Å²) in [6, 6.07) is 10.3. The zero-order valence-electron chi connectivity index (χ0n) is 9.96. The van der Waals surface area contributed by atoms with Crippen LogP contribution in [0.15, 0.2) is 45.9 Å². The van der Waals surface area contributed by atoms with E-state index in [1.807, 2.05) is 24.3 Å². The lowest BCUT2D eigenvalue weighted by molar-refractivity contribution is -0.385. The highest BCUT2D eigenvalue weighted by Crippen LogP contribution is 2.32. The first-order valence-electron chi connectivity index (χ1n) is 5.44. The third-order valence-corrected chi connectivity index (χ3v) is 3.64. The second-order valence-corrected chi connectivity index (χ2v) is 6.02. The lowest BCUT2D eigenvalue weighted by Crippen LogP contribution is -1.92. The minimum Gasteiger partial charge on any atom is -0.502 e. The molecule has 0 spiro atoms. The van der Waals surface area contributed by atoms with Crippen LogP contribution in [0, 0.1) is 13.7 Å². The molecule has 2 aromatic rings. The molecule has 102 valence electrons. The molecule has 0 fully saturated rings. The van der Waals surface area contributed by atoms with Crippen LogP contribution in [0.3, 0.4) is 0 Å². The summed E-state index contributed by atoms with van der Waals surface area (Å²) in [5.74, 6) is -0.396. The van der Waals surface area contributed by atoms with E-state index < -0.39 is 10.7 Å². The zero-order valence-corrected chi connectivity index (χ0v) is 13.7. The van der Waals surface area contributed by atoms with Gasteiger partial charge in [0.15, 0.2) is 0 Å². The normalized spacial score (nSPS) is 10.9. The van der Waals surface area contributed by atoms with Gasteiger partial charge in [0, 0.05) is 25.9 Å². The van der Waals surface area contributed by atoms with Gasteiger partial charge < -0.3 is 5.11 Å². The molecule has 0 aliphatic rings. The summed E-state index contributed by atoms with van der Waals surface area (Å²) in [5.41, 5.74) is 0.625. The van der Waals surface area contributed by atoms with Crippen molar-refractivity contribution in [3.8, 4) is 5.75 Å². The molecule has 20 heavy (non-hydrogen) atoms. The van der Waals surface area contributed by atoms with Crippen LogP contribution in [-0.2, 0) is 0 Å². The van der Waals surface area contributed by atoms with E-state index >= 15 is 0 Å². The third kappa shape index (κ3) is 3.54. The minimum absolute atomic E-state index is 0.282. The van der Waals surface area contributed by atoms with Gasteiger partial charge in [0.25, 0.3) is 0 Å². The van der Waals surface area contributed by atoms with Gasteiger partial charge in [0.05, 0.1) is 10.6 Å². The Hall–Kier alpha value is -1.48. The number of rotatable bonds is 3. The van der Waals surface area contributed by atoms with E-state index in [1.165, 1.54) is 12.3 Å². The smallest absolute Gasteiger partial charge is 0.312 e. The topological polar surface area (TPSA) is 75.7 Å². The fourth-order valence-corrected chi connectivity index (χ4v) is 2.34. The summed E-state index contributed by atoms with van der Waals surface area (Å²) >= 11 is 5.36. The Morgan fingerprint density at radius 3 is 2.55 bits per heavy atom. The number of nitrogens with zero attached hydrogens (tertiary/aromatic N) is 2. The largest absolute Gasteiger partial charge is 0.502 e. The van der Waals surface area contributed by atoms with Crippen LogP contribution in [0.4, 0.5) is 11.4 Å². The molecule has 1 N–H and O–H groups in total. The average Bonchev–Trinajstić information content (AvgIpc) is 2.41. The van der Waals surface area contributed by atoms with Gasteiger partial charge in [0.2, 0.25) is 5.75 Å². The Labute approximate surface area is 136 Å². The molecule has 0 radical (unpaired) electrons. The van der Waals surface area contributed by atoms with E-state index in [4.69, 9.17) is 0 Å². The van der Waals surface area contributed by atoms with E-state index in [2.05, 4.69) is 43.5 Å². The van der Waals surface area contributed by atoms with E-state index in [-0.39, 0.29) is 11.3 Å². The summed E-state index contributed by atoms with van der Waals surface area (Å²) < 4.78 is 1.59. The summed E-state index contributed by atoms with van der Waals surface area (Å²) in [7, 11) is 0. The molecule has 0 amide bonds. The number of phenols is 1. The predicted molar refractivity (Wildman–Crippen MR) is 88.9 cm³/mol. The lowest BCUT2D eigenvalue weighted by Gasteiger charge is -2.01. The monoisotopic (exact) mass is 446 g/mol. The highest BCUT2D eigenvalue weighted by atomic mass is 127. The fraction of sp³-hybridized carbons (Fsp3) is 0. The van der Waals surface area contributed by atoms with E-state index in [0.29, 0.717) is 10.2 Å². The van der Waals surface area contributed by atoms with Gasteiger partial charge in [-0.2, -0.15) is 0 Å². The van der Waals surface area contributed by atoms with Gasteiger partial charge in [-0.05, 0) is 52.9 Å². The van der Waals surface area contributed by atoms with Crippen LogP contribution in [0.2, 0.25) is 0 Å². The first-order chi connectivity index (χ1) is 9.47. The number of hydrogen-bond acceptors (Lipinski definition) is 4. The number of nitro benzene ring substituents is 1. The lowest BCUT2D eigenvalue weighted by atomic mass is 10.2. The van der Waals surface area contributed by atoms with Gasteiger partial charge in [0.1, 0.15) is 0 Å². The quantitative estimate of drug-likeness (QED) is 0.328. The molecule has 5 nitrogen and oxygen atoms in total. The molecule has 0 atom stereocenters. The van der Waals surface area contributed by atoms with Crippen molar-refractivity contribution >= 4 is 56.1 Å². The minimum atomic E-state index is -0.637. The maximum atomic E-state index is 10.8. The molecule has 0 unspecified atom stereocenters. The first kappa shape index (κ1) is 14.9. The molecule has 0 saturated carbocycles. The van der Waals surface area contributed by atoms with Gasteiger partial charge in [-0.1, -0.05) is 15.9 Å². The Balaban J connectivity index is 2.38. The highest BCUT2D eigenvalue weighted by molar-refractivity contribution is 14.1. The number of hydrogen-bond donors (Lipinski definition) is 1.